The monoisotopic (exact) mass is 542 g/mol. The van der Waals surface area contributed by atoms with E-state index in [4.69, 9.17) is 14.2 Å². The Hall–Kier alpha value is -3.44. The molecule has 0 bridgehead atoms. The van der Waals surface area contributed by atoms with Crippen LogP contribution in [0.1, 0.15) is 74.0 Å². The molecule has 210 valence electrons. The van der Waals surface area contributed by atoms with Crippen molar-refractivity contribution in [2.75, 3.05) is 14.2 Å². The van der Waals surface area contributed by atoms with Crippen LogP contribution in [-0.2, 0) is 32.7 Å². The third-order valence-electron chi connectivity index (χ3n) is 8.83. The maximum atomic E-state index is 15.1. The topological polar surface area (TPSA) is 44.8 Å². The minimum Gasteiger partial charge on any atom is -0.489 e. The van der Waals surface area contributed by atoms with Crippen LogP contribution in [0, 0.1) is 17.2 Å². The van der Waals surface area contributed by atoms with Gasteiger partial charge in [0.1, 0.15) is 18.2 Å². The van der Waals surface area contributed by atoms with Crippen LogP contribution < -0.4 is 4.74 Å². The van der Waals surface area contributed by atoms with Crippen LogP contribution in [0.15, 0.2) is 61.2 Å². The standard InChI is InChI=1S/C35H39FO4/c1-7-22-9-13-31(36)27(18-22)26-12-8-23(19-28(26)32(38-5)34(2,3)4)21-40-25-11-10-24-14-16-35(30(24)20-25)17-15-29(35)33(37)39-6/h7-13,18-20,29,32H,1,14-17,21H2,2-6H3/t29?,32-,35-/m0/s1. The molecule has 2 aliphatic carbocycles. The summed E-state index contributed by atoms with van der Waals surface area (Å²) in [4.78, 5) is 12.4. The predicted molar refractivity (Wildman–Crippen MR) is 157 cm³/mol. The molecular formula is C35H39FO4. The molecule has 3 aromatic carbocycles. The SMILES string of the molecule is C=Cc1ccc(F)c(-c2ccc(COc3ccc4c(c3)[C@@]3(CC4)CCC3C(=O)OC)cc2[C@H](OC)C(C)(C)C)c1. The van der Waals surface area contributed by atoms with Gasteiger partial charge in [-0.25, -0.2) is 4.39 Å². The lowest BCUT2D eigenvalue weighted by Gasteiger charge is -2.46. The first-order valence-electron chi connectivity index (χ1n) is 14.0. The fraction of sp³-hybridized carbons (Fsp3) is 0.400. The number of halogens is 1. The van der Waals surface area contributed by atoms with E-state index in [9.17, 15) is 4.79 Å². The predicted octanol–water partition coefficient (Wildman–Crippen LogP) is 8.22. The minimum absolute atomic E-state index is 0.0764. The molecule has 0 aromatic heterocycles. The zero-order valence-electron chi connectivity index (χ0n) is 24.2. The first-order chi connectivity index (χ1) is 19.1. The summed E-state index contributed by atoms with van der Waals surface area (Å²) in [7, 11) is 3.17. The Morgan fingerprint density at radius 3 is 2.52 bits per heavy atom. The highest BCUT2D eigenvalue weighted by Gasteiger charge is 2.55. The summed E-state index contributed by atoms with van der Waals surface area (Å²) in [5.74, 6) is 0.310. The lowest BCUT2D eigenvalue weighted by Crippen LogP contribution is -2.47. The van der Waals surface area contributed by atoms with Crippen LogP contribution >= 0.6 is 0 Å². The number of carbonyl (C=O) groups excluding carboxylic acids is 1. The van der Waals surface area contributed by atoms with Crippen LogP contribution in [0.5, 0.6) is 5.75 Å². The summed E-state index contributed by atoms with van der Waals surface area (Å²) >= 11 is 0. The van der Waals surface area contributed by atoms with E-state index in [1.807, 2.05) is 24.3 Å². The Morgan fingerprint density at radius 1 is 1.07 bits per heavy atom. The number of esters is 1. The van der Waals surface area contributed by atoms with Gasteiger partial charge in [-0.2, -0.15) is 0 Å². The summed E-state index contributed by atoms with van der Waals surface area (Å²) in [6.45, 7) is 10.6. The van der Waals surface area contributed by atoms with Crippen molar-refractivity contribution in [1.29, 1.82) is 0 Å². The molecule has 3 aromatic rings. The third kappa shape index (κ3) is 4.96. The smallest absolute Gasteiger partial charge is 0.309 e. The van der Waals surface area contributed by atoms with Gasteiger partial charge in [-0.05, 0) is 94.8 Å². The van der Waals surface area contributed by atoms with E-state index in [0.29, 0.717) is 12.2 Å². The molecule has 0 heterocycles. The van der Waals surface area contributed by atoms with Gasteiger partial charge in [-0.1, -0.05) is 57.7 Å². The molecule has 0 aliphatic heterocycles. The van der Waals surface area contributed by atoms with Crippen LogP contribution in [-0.4, -0.2) is 20.2 Å². The van der Waals surface area contributed by atoms with Gasteiger partial charge in [0.05, 0.1) is 19.1 Å². The Balaban J connectivity index is 1.45. The highest BCUT2D eigenvalue weighted by molar-refractivity contribution is 5.77. The van der Waals surface area contributed by atoms with Crippen LogP contribution in [0.2, 0.25) is 0 Å². The zero-order valence-corrected chi connectivity index (χ0v) is 24.2. The average molecular weight is 543 g/mol. The van der Waals surface area contributed by atoms with Crippen molar-refractivity contribution >= 4 is 12.0 Å². The second kappa shape index (κ2) is 10.9. The van der Waals surface area contributed by atoms with Crippen molar-refractivity contribution in [3.63, 3.8) is 0 Å². The van der Waals surface area contributed by atoms with E-state index in [0.717, 1.165) is 53.7 Å². The van der Waals surface area contributed by atoms with Gasteiger partial charge in [0.2, 0.25) is 0 Å². The van der Waals surface area contributed by atoms with Gasteiger partial charge in [0.15, 0.2) is 0 Å². The Kier molecular flexibility index (Phi) is 7.62. The highest BCUT2D eigenvalue weighted by Crippen LogP contribution is 2.57. The summed E-state index contributed by atoms with van der Waals surface area (Å²) in [6.07, 6.45) is 5.29. The first kappa shape index (κ1) is 28.1. The van der Waals surface area contributed by atoms with E-state index >= 15 is 4.39 Å². The number of benzene rings is 3. The molecule has 1 saturated carbocycles. The van der Waals surface area contributed by atoms with Crippen molar-refractivity contribution in [2.24, 2.45) is 11.3 Å². The maximum Gasteiger partial charge on any atom is 0.309 e. The lowest BCUT2D eigenvalue weighted by molar-refractivity contribution is -0.153. The summed E-state index contributed by atoms with van der Waals surface area (Å²) in [6, 6.07) is 17.3. The molecule has 0 amide bonds. The molecular weight excluding hydrogens is 503 g/mol. The van der Waals surface area contributed by atoms with Gasteiger partial charge >= 0.3 is 5.97 Å². The highest BCUT2D eigenvalue weighted by atomic mass is 19.1. The third-order valence-corrected chi connectivity index (χ3v) is 8.83. The molecule has 0 saturated heterocycles. The zero-order chi connectivity index (χ0) is 28.7. The number of hydrogen-bond donors (Lipinski definition) is 0. The lowest BCUT2D eigenvalue weighted by atomic mass is 9.57. The van der Waals surface area contributed by atoms with Crippen LogP contribution in [0.3, 0.4) is 0 Å². The fourth-order valence-corrected chi connectivity index (χ4v) is 6.72. The van der Waals surface area contributed by atoms with E-state index in [-0.39, 0.29) is 34.6 Å². The van der Waals surface area contributed by atoms with Crippen molar-refractivity contribution in [1.82, 2.24) is 0 Å². The number of ether oxygens (including phenoxy) is 3. The minimum atomic E-state index is -0.284. The van der Waals surface area contributed by atoms with E-state index in [1.165, 1.54) is 24.3 Å². The quantitative estimate of drug-likeness (QED) is 0.269. The fourth-order valence-electron chi connectivity index (χ4n) is 6.72. The first-order valence-corrected chi connectivity index (χ1v) is 14.0. The van der Waals surface area contributed by atoms with Gasteiger partial charge in [0, 0.05) is 18.1 Å². The van der Waals surface area contributed by atoms with E-state index < -0.39 is 0 Å². The van der Waals surface area contributed by atoms with Crippen LogP contribution in [0.4, 0.5) is 4.39 Å². The Bertz CT molecular complexity index is 1440. The molecule has 0 N–H and O–H groups in total. The molecule has 40 heavy (non-hydrogen) atoms. The van der Waals surface area contributed by atoms with E-state index in [1.54, 1.807) is 19.3 Å². The van der Waals surface area contributed by atoms with Crippen molar-refractivity contribution < 1.29 is 23.4 Å². The summed E-state index contributed by atoms with van der Waals surface area (Å²) in [5, 5.41) is 0. The molecule has 3 atom stereocenters. The normalized spacial score (nSPS) is 20.5. The van der Waals surface area contributed by atoms with Crippen LogP contribution in [0.25, 0.3) is 17.2 Å². The van der Waals surface area contributed by atoms with Crippen molar-refractivity contribution in [3.05, 3.63) is 94.8 Å². The maximum absolute atomic E-state index is 15.1. The van der Waals surface area contributed by atoms with Gasteiger partial charge in [-0.15, -0.1) is 0 Å². The molecule has 5 rings (SSSR count). The molecule has 1 spiro atoms. The molecule has 2 aliphatic rings. The molecule has 0 radical (unpaired) electrons. The molecule has 4 nitrogen and oxygen atoms in total. The summed E-state index contributed by atoms with van der Waals surface area (Å²) < 4.78 is 32.5. The molecule has 1 fully saturated rings. The number of fused-ring (bicyclic) bond motifs is 2. The van der Waals surface area contributed by atoms with Gasteiger partial charge < -0.3 is 14.2 Å². The number of hydrogen-bond acceptors (Lipinski definition) is 4. The Morgan fingerprint density at radius 2 is 1.88 bits per heavy atom. The molecule has 5 heteroatoms. The second-order valence-electron chi connectivity index (χ2n) is 12.2. The molecule has 1 unspecified atom stereocenters. The number of rotatable bonds is 8. The van der Waals surface area contributed by atoms with E-state index in [2.05, 4.69) is 45.5 Å². The number of carbonyl (C=O) groups is 1. The average Bonchev–Trinajstić information content (AvgIpc) is 3.32. The van der Waals surface area contributed by atoms with Crippen molar-refractivity contribution in [3.8, 4) is 16.9 Å². The second-order valence-corrected chi connectivity index (χ2v) is 12.2. The Labute approximate surface area is 237 Å². The summed E-state index contributed by atoms with van der Waals surface area (Å²) in [5.41, 5.74) is 6.24. The van der Waals surface area contributed by atoms with Gasteiger partial charge in [-0.3, -0.25) is 4.79 Å². The largest absolute Gasteiger partial charge is 0.489 e. The number of methoxy groups -OCH3 is 2. The van der Waals surface area contributed by atoms with Gasteiger partial charge in [0.25, 0.3) is 0 Å². The number of aryl methyl sites for hydroxylation is 1. The van der Waals surface area contributed by atoms with Crippen molar-refractivity contribution in [2.45, 2.75) is 64.6 Å².